The third-order valence-electron chi connectivity index (χ3n) is 4.18. The predicted octanol–water partition coefficient (Wildman–Crippen LogP) is 4.15. The van der Waals surface area contributed by atoms with E-state index in [4.69, 9.17) is 14.2 Å². The molecule has 0 aliphatic carbocycles. The van der Waals surface area contributed by atoms with Gasteiger partial charge in [0.15, 0.2) is 0 Å². The molecule has 1 aliphatic heterocycles. The maximum Gasteiger partial charge on any atom is 0.127 e. The number of hydrogen-bond acceptors (Lipinski definition) is 4. The normalized spacial score (nSPS) is 16.9. The molecule has 4 nitrogen and oxygen atoms in total. The van der Waals surface area contributed by atoms with Gasteiger partial charge in [-0.2, -0.15) is 0 Å². The van der Waals surface area contributed by atoms with Crippen molar-refractivity contribution in [2.24, 2.45) is 0 Å². The molecule has 134 valence electrons. The maximum absolute atomic E-state index is 5.87. The molecule has 3 rings (SSSR count). The van der Waals surface area contributed by atoms with E-state index in [2.05, 4.69) is 17.4 Å². The molecule has 2 aromatic carbocycles. The average Bonchev–Trinajstić information content (AvgIpc) is 3.16. The van der Waals surface area contributed by atoms with Gasteiger partial charge in [-0.1, -0.05) is 30.3 Å². The van der Waals surface area contributed by atoms with Crippen molar-refractivity contribution in [2.75, 3.05) is 26.4 Å². The summed E-state index contributed by atoms with van der Waals surface area (Å²) in [6.07, 6.45) is 3.63. The van der Waals surface area contributed by atoms with Crippen LogP contribution in [0.25, 0.3) is 0 Å². The molecule has 0 aromatic heterocycles. The third-order valence-corrected chi connectivity index (χ3v) is 4.18. The first-order valence-electron chi connectivity index (χ1n) is 9.12. The van der Waals surface area contributed by atoms with Crippen LogP contribution in [0.4, 0.5) is 0 Å². The molecule has 2 aromatic rings. The number of rotatable bonds is 10. The van der Waals surface area contributed by atoms with Crippen molar-refractivity contribution in [3.05, 3.63) is 60.2 Å². The van der Waals surface area contributed by atoms with Crippen LogP contribution < -0.4 is 10.1 Å². The van der Waals surface area contributed by atoms with E-state index in [1.807, 2.05) is 42.5 Å². The summed E-state index contributed by atoms with van der Waals surface area (Å²) in [6, 6.07) is 18.0. The van der Waals surface area contributed by atoms with Crippen LogP contribution in [0, 0.1) is 0 Å². The largest absolute Gasteiger partial charge is 0.457 e. The van der Waals surface area contributed by atoms with Crippen LogP contribution in [-0.4, -0.2) is 32.5 Å². The summed E-state index contributed by atoms with van der Waals surface area (Å²) < 4.78 is 17.1. The van der Waals surface area contributed by atoms with Crippen molar-refractivity contribution >= 4 is 0 Å². The van der Waals surface area contributed by atoms with Crippen molar-refractivity contribution < 1.29 is 14.2 Å². The van der Waals surface area contributed by atoms with E-state index in [0.29, 0.717) is 6.10 Å². The number of hydrogen-bond donors (Lipinski definition) is 1. The summed E-state index contributed by atoms with van der Waals surface area (Å²) in [5, 5.41) is 3.45. The second-order valence-electron chi connectivity index (χ2n) is 6.30. The standard InChI is InChI=1S/C21H27NO3/c1-2-8-19(9-3-1)25-20-10-4-7-18(15-20)16-22-12-6-13-23-17-21-11-5-14-24-21/h1-4,7-10,15,21-22H,5-6,11-14,16-17H2. The summed E-state index contributed by atoms with van der Waals surface area (Å²) in [5.74, 6) is 1.72. The van der Waals surface area contributed by atoms with E-state index in [1.165, 1.54) is 12.0 Å². The highest BCUT2D eigenvalue weighted by Gasteiger charge is 2.14. The van der Waals surface area contributed by atoms with E-state index < -0.39 is 0 Å². The van der Waals surface area contributed by atoms with Crippen LogP contribution in [0.3, 0.4) is 0 Å². The van der Waals surface area contributed by atoms with Gasteiger partial charge in [0.05, 0.1) is 12.7 Å². The van der Waals surface area contributed by atoms with Gasteiger partial charge < -0.3 is 19.5 Å². The Hall–Kier alpha value is -1.88. The smallest absolute Gasteiger partial charge is 0.127 e. The van der Waals surface area contributed by atoms with Crippen LogP contribution in [0.1, 0.15) is 24.8 Å². The molecule has 0 amide bonds. The molecule has 1 N–H and O–H groups in total. The molecule has 0 bridgehead atoms. The van der Waals surface area contributed by atoms with Gasteiger partial charge in [0, 0.05) is 19.8 Å². The van der Waals surface area contributed by atoms with Gasteiger partial charge in [-0.05, 0) is 55.6 Å². The fraction of sp³-hybridized carbons (Fsp3) is 0.429. The highest BCUT2D eigenvalue weighted by atomic mass is 16.5. The van der Waals surface area contributed by atoms with Gasteiger partial charge in [0.25, 0.3) is 0 Å². The third kappa shape index (κ3) is 6.50. The van der Waals surface area contributed by atoms with Crippen molar-refractivity contribution in [3.8, 4) is 11.5 Å². The van der Waals surface area contributed by atoms with Gasteiger partial charge in [-0.15, -0.1) is 0 Å². The molecular formula is C21H27NO3. The maximum atomic E-state index is 5.87. The number of para-hydroxylation sites is 1. The van der Waals surface area contributed by atoms with E-state index in [0.717, 1.165) is 57.3 Å². The monoisotopic (exact) mass is 341 g/mol. The number of nitrogens with one attached hydrogen (secondary N) is 1. The minimum atomic E-state index is 0.320. The number of ether oxygens (including phenoxy) is 3. The SMILES string of the molecule is c1ccc(Oc2cccc(CNCCCOCC3CCCO3)c2)cc1. The first kappa shape index (κ1) is 17.9. The quantitative estimate of drug-likeness (QED) is 0.659. The molecule has 1 atom stereocenters. The van der Waals surface area contributed by atoms with Gasteiger partial charge in [-0.3, -0.25) is 0 Å². The first-order valence-corrected chi connectivity index (χ1v) is 9.12. The molecule has 1 saturated heterocycles. The Morgan fingerprint density at radius 2 is 1.92 bits per heavy atom. The van der Waals surface area contributed by atoms with Crippen LogP contribution in [0.5, 0.6) is 11.5 Å². The lowest BCUT2D eigenvalue weighted by Gasteiger charge is -2.11. The Bertz CT molecular complexity index is 612. The molecule has 0 spiro atoms. The average molecular weight is 341 g/mol. The molecule has 1 heterocycles. The Labute approximate surface area is 150 Å². The second kappa shape index (κ2) is 10.2. The number of benzene rings is 2. The van der Waals surface area contributed by atoms with Gasteiger partial charge >= 0.3 is 0 Å². The van der Waals surface area contributed by atoms with Crippen molar-refractivity contribution in [1.29, 1.82) is 0 Å². The zero-order valence-electron chi connectivity index (χ0n) is 14.7. The summed E-state index contributed by atoms with van der Waals surface area (Å²) in [7, 11) is 0. The predicted molar refractivity (Wildman–Crippen MR) is 99.1 cm³/mol. The lowest BCUT2D eigenvalue weighted by atomic mass is 10.2. The molecule has 1 aliphatic rings. The summed E-state index contributed by atoms with van der Waals surface area (Å²) in [4.78, 5) is 0. The molecule has 4 heteroatoms. The van der Waals surface area contributed by atoms with Gasteiger partial charge in [0.2, 0.25) is 0 Å². The lowest BCUT2D eigenvalue weighted by Crippen LogP contribution is -2.19. The summed E-state index contributed by atoms with van der Waals surface area (Å²) in [6.45, 7) is 4.18. The highest BCUT2D eigenvalue weighted by molar-refractivity contribution is 5.33. The fourth-order valence-electron chi connectivity index (χ4n) is 2.87. The zero-order chi connectivity index (χ0) is 17.2. The minimum absolute atomic E-state index is 0.320. The van der Waals surface area contributed by atoms with E-state index in [1.54, 1.807) is 0 Å². The topological polar surface area (TPSA) is 39.7 Å². The zero-order valence-corrected chi connectivity index (χ0v) is 14.7. The van der Waals surface area contributed by atoms with Crippen molar-refractivity contribution in [3.63, 3.8) is 0 Å². The van der Waals surface area contributed by atoms with Crippen LogP contribution in [0.2, 0.25) is 0 Å². The minimum Gasteiger partial charge on any atom is -0.457 e. The van der Waals surface area contributed by atoms with E-state index >= 15 is 0 Å². The second-order valence-corrected chi connectivity index (χ2v) is 6.30. The Kier molecular flexibility index (Phi) is 7.31. The lowest BCUT2D eigenvalue weighted by molar-refractivity contribution is 0.0166. The first-order chi connectivity index (χ1) is 12.4. The molecule has 0 saturated carbocycles. The molecule has 25 heavy (non-hydrogen) atoms. The van der Waals surface area contributed by atoms with E-state index in [9.17, 15) is 0 Å². The van der Waals surface area contributed by atoms with Crippen molar-refractivity contribution in [1.82, 2.24) is 5.32 Å². The highest BCUT2D eigenvalue weighted by Crippen LogP contribution is 2.21. The van der Waals surface area contributed by atoms with Crippen LogP contribution >= 0.6 is 0 Å². The van der Waals surface area contributed by atoms with Gasteiger partial charge in [0.1, 0.15) is 11.5 Å². The van der Waals surface area contributed by atoms with Crippen LogP contribution in [0.15, 0.2) is 54.6 Å². The molecule has 0 radical (unpaired) electrons. The van der Waals surface area contributed by atoms with Crippen molar-refractivity contribution in [2.45, 2.75) is 31.9 Å². The Morgan fingerprint density at radius 3 is 2.76 bits per heavy atom. The Balaban J connectivity index is 1.31. The summed E-state index contributed by atoms with van der Waals surface area (Å²) in [5.41, 5.74) is 1.22. The molecule has 1 fully saturated rings. The van der Waals surface area contributed by atoms with Crippen LogP contribution in [-0.2, 0) is 16.0 Å². The summed E-state index contributed by atoms with van der Waals surface area (Å²) >= 11 is 0. The van der Waals surface area contributed by atoms with E-state index in [-0.39, 0.29) is 0 Å². The molecule has 1 unspecified atom stereocenters. The van der Waals surface area contributed by atoms with Gasteiger partial charge in [-0.25, -0.2) is 0 Å². The molecular weight excluding hydrogens is 314 g/mol. The fourth-order valence-corrected chi connectivity index (χ4v) is 2.87. The Morgan fingerprint density at radius 1 is 1.04 bits per heavy atom.